The van der Waals surface area contributed by atoms with E-state index in [0.29, 0.717) is 30.8 Å². The van der Waals surface area contributed by atoms with Gasteiger partial charge in [-0.1, -0.05) is 6.07 Å². The van der Waals surface area contributed by atoms with Crippen LogP contribution in [0.4, 0.5) is 0 Å². The first-order chi connectivity index (χ1) is 10.6. The lowest BCUT2D eigenvalue weighted by Crippen LogP contribution is -2.28. The molecule has 0 aliphatic rings. The van der Waals surface area contributed by atoms with E-state index in [1.54, 1.807) is 29.4 Å². The first-order valence-electron chi connectivity index (χ1n) is 7.03. The van der Waals surface area contributed by atoms with Crippen molar-refractivity contribution < 1.29 is 9.59 Å². The molecule has 2 aromatic rings. The average Bonchev–Trinajstić information content (AvgIpc) is 3.14. The smallest absolute Gasteiger partial charge is 0.261 e. The summed E-state index contributed by atoms with van der Waals surface area (Å²) >= 11 is 3.00. The number of hydrogen-bond acceptors (Lipinski definition) is 5. The molecule has 0 aliphatic heterocycles. The van der Waals surface area contributed by atoms with Crippen molar-refractivity contribution in [3.8, 4) is 0 Å². The summed E-state index contributed by atoms with van der Waals surface area (Å²) in [6, 6.07) is 3.63. The molecule has 2 rings (SSSR count). The second-order valence-corrected chi connectivity index (χ2v) is 6.95. The maximum absolute atomic E-state index is 12.0. The lowest BCUT2D eigenvalue weighted by atomic mass is 10.2. The molecule has 7 heteroatoms. The SMILES string of the molecule is Cc1nc(CN(C)C(=O)CCCNC(=O)c2cccs2)cs1. The van der Waals surface area contributed by atoms with E-state index in [1.807, 2.05) is 23.8 Å². The molecule has 5 nitrogen and oxygen atoms in total. The fourth-order valence-electron chi connectivity index (χ4n) is 1.94. The predicted molar refractivity (Wildman–Crippen MR) is 89.2 cm³/mol. The Morgan fingerprint density at radius 2 is 2.18 bits per heavy atom. The van der Waals surface area contributed by atoms with Crippen LogP contribution in [-0.2, 0) is 11.3 Å². The van der Waals surface area contributed by atoms with Crippen molar-refractivity contribution in [3.05, 3.63) is 38.5 Å². The van der Waals surface area contributed by atoms with Crippen molar-refractivity contribution in [2.75, 3.05) is 13.6 Å². The Hall–Kier alpha value is -1.73. The van der Waals surface area contributed by atoms with E-state index >= 15 is 0 Å². The Bertz CT molecular complexity index is 623. The summed E-state index contributed by atoms with van der Waals surface area (Å²) in [5, 5.41) is 7.67. The molecule has 0 saturated carbocycles. The lowest BCUT2D eigenvalue weighted by Gasteiger charge is -2.15. The van der Waals surface area contributed by atoms with Crippen LogP contribution in [0.1, 0.15) is 33.2 Å². The van der Waals surface area contributed by atoms with Gasteiger partial charge in [-0.05, 0) is 24.8 Å². The molecular formula is C15H19N3O2S2. The second-order valence-electron chi connectivity index (χ2n) is 4.94. The molecule has 0 spiro atoms. The average molecular weight is 337 g/mol. The number of nitrogens with zero attached hydrogens (tertiary/aromatic N) is 2. The molecule has 0 saturated heterocycles. The molecule has 0 fully saturated rings. The van der Waals surface area contributed by atoms with E-state index in [0.717, 1.165) is 10.7 Å². The fourth-order valence-corrected chi connectivity index (χ4v) is 3.18. The van der Waals surface area contributed by atoms with Crippen molar-refractivity contribution in [1.29, 1.82) is 0 Å². The summed E-state index contributed by atoms with van der Waals surface area (Å²) in [5.41, 5.74) is 0.921. The van der Waals surface area contributed by atoms with Gasteiger partial charge in [0, 0.05) is 25.4 Å². The number of nitrogens with one attached hydrogen (secondary N) is 1. The Labute approximate surface area is 138 Å². The molecule has 118 valence electrons. The van der Waals surface area contributed by atoms with Crippen LogP contribution in [0.25, 0.3) is 0 Å². The van der Waals surface area contributed by atoms with Gasteiger partial charge in [0.1, 0.15) is 0 Å². The lowest BCUT2D eigenvalue weighted by molar-refractivity contribution is -0.130. The summed E-state index contributed by atoms with van der Waals surface area (Å²) in [7, 11) is 1.78. The van der Waals surface area contributed by atoms with Crippen LogP contribution < -0.4 is 5.32 Å². The zero-order valence-electron chi connectivity index (χ0n) is 12.7. The molecular weight excluding hydrogens is 318 g/mol. The summed E-state index contributed by atoms with van der Waals surface area (Å²) < 4.78 is 0. The number of carbonyl (C=O) groups is 2. The number of aryl methyl sites for hydroxylation is 1. The van der Waals surface area contributed by atoms with Crippen LogP contribution >= 0.6 is 22.7 Å². The quantitative estimate of drug-likeness (QED) is 0.790. The zero-order valence-corrected chi connectivity index (χ0v) is 14.3. The predicted octanol–water partition coefficient (Wildman–Crippen LogP) is 2.68. The van der Waals surface area contributed by atoms with Crippen LogP contribution in [-0.4, -0.2) is 35.3 Å². The van der Waals surface area contributed by atoms with E-state index in [9.17, 15) is 9.59 Å². The van der Waals surface area contributed by atoms with Gasteiger partial charge in [0.25, 0.3) is 5.91 Å². The molecule has 2 amide bonds. The highest BCUT2D eigenvalue weighted by molar-refractivity contribution is 7.12. The zero-order chi connectivity index (χ0) is 15.9. The van der Waals surface area contributed by atoms with Gasteiger partial charge in [0.15, 0.2) is 0 Å². The number of hydrogen-bond donors (Lipinski definition) is 1. The third kappa shape index (κ3) is 4.92. The van der Waals surface area contributed by atoms with E-state index < -0.39 is 0 Å². The first kappa shape index (κ1) is 16.6. The van der Waals surface area contributed by atoms with E-state index in [4.69, 9.17) is 0 Å². The number of thiophene rings is 1. The third-order valence-electron chi connectivity index (χ3n) is 3.09. The van der Waals surface area contributed by atoms with E-state index in [1.165, 1.54) is 11.3 Å². The van der Waals surface area contributed by atoms with Crippen LogP contribution in [0, 0.1) is 6.92 Å². The van der Waals surface area contributed by atoms with Gasteiger partial charge in [-0.2, -0.15) is 0 Å². The van der Waals surface area contributed by atoms with E-state index in [2.05, 4.69) is 10.3 Å². The van der Waals surface area contributed by atoms with Crippen molar-refractivity contribution in [2.24, 2.45) is 0 Å². The number of aromatic nitrogens is 1. The topological polar surface area (TPSA) is 62.3 Å². The van der Waals surface area contributed by atoms with Gasteiger partial charge in [-0.15, -0.1) is 22.7 Å². The standard InChI is InChI=1S/C15H19N3O2S2/c1-11-17-12(10-22-11)9-18(2)14(19)6-3-7-16-15(20)13-5-4-8-21-13/h4-5,8,10H,3,6-7,9H2,1-2H3,(H,16,20). The van der Waals surface area contributed by atoms with Crippen molar-refractivity contribution >= 4 is 34.5 Å². The Morgan fingerprint density at radius 3 is 2.82 bits per heavy atom. The molecule has 0 aromatic carbocycles. The fraction of sp³-hybridized carbons (Fsp3) is 0.400. The van der Waals surface area contributed by atoms with Gasteiger partial charge >= 0.3 is 0 Å². The van der Waals surface area contributed by atoms with Crippen LogP contribution in [0.15, 0.2) is 22.9 Å². The third-order valence-corrected chi connectivity index (χ3v) is 4.78. The summed E-state index contributed by atoms with van der Waals surface area (Å²) in [4.78, 5) is 30.5. The van der Waals surface area contributed by atoms with Crippen molar-refractivity contribution in [1.82, 2.24) is 15.2 Å². The maximum atomic E-state index is 12.0. The molecule has 0 atom stereocenters. The number of amides is 2. The number of rotatable bonds is 7. The molecule has 1 N–H and O–H groups in total. The minimum atomic E-state index is -0.0752. The number of thiazole rings is 1. The van der Waals surface area contributed by atoms with Crippen molar-refractivity contribution in [3.63, 3.8) is 0 Å². The van der Waals surface area contributed by atoms with E-state index in [-0.39, 0.29) is 11.8 Å². The summed E-state index contributed by atoms with van der Waals surface area (Å²) in [6.07, 6.45) is 1.06. The molecule has 0 unspecified atom stereocenters. The molecule has 0 aliphatic carbocycles. The largest absolute Gasteiger partial charge is 0.351 e. The minimum absolute atomic E-state index is 0.0658. The van der Waals surface area contributed by atoms with Gasteiger partial charge in [-0.25, -0.2) is 4.98 Å². The molecule has 2 aromatic heterocycles. The maximum Gasteiger partial charge on any atom is 0.261 e. The monoisotopic (exact) mass is 337 g/mol. The van der Waals surface area contributed by atoms with Crippen LogP contribution in [0.2, 0.25) is 0 Å². The Morgan fingerprint density at radius 1 is 1.36 bits per heavy atom. The normalized spacial score (nSPS) is 10.5. The molecule has 22 heavy (non-hydrogen) atoms. The number of carbonyl (C=O) groups excluding carboxylic acids is 2. The van der Waals surface area contributed by atoms with Crippen LogP contribution in [0.3, 0.4) is 0 Å². The molecule has 0 radical (unpaired) electrons. The van der Waals surface area contributed by atoms with Gasteiger partial charge < -0.3 is 10.2 Å². The van der Waals surface area contributed by atoms with Crippen molar-refractivity contribution in [2.45, 2.75) is 26.3 Å². The highest BCUT2D eigenvalue weighted by Crippen LogP contribution is 2.11. The second kappa shape index (κ2) is 8.05. The molecule has 0 bridgehead atoms. The van der Waals surface area contributed by atoms with Gasteiger partial charge in [0.2, 0.25) is 5.91 Å². The first-order valence-corrected chi connectivity index (χ1v) is 8.79. The summed E-state index contributed by atoms with van der Waals surface area (Å²) in [5.74, 6) is -0.00947. The van der Waals surface area contributed by atoms with Crippen LogP contribution in [0.5, 0.6) is 0 Å². The van der Waals surface area contributed by atoms with Gasteiger partial charge in [-0.3, -0.25) is 9.59 Å². The Balaban J connectivity index is 1.65. The molecule has 2 heterocycles. The van der Waals surface area contributed by atoms with Gasteiger partial charge in [0.05, 0.1) is 22.1 Å². The minimum Gasteiger partial charge on any atom is -0.351 e. The summed E-state index contributed by atoms with van der Waals surface area (Å²) in [6.45, 7) is 2.99. The highest BCUT2D eigenvalue weighted by Gasteiger charge is 2.11. The highest BCUT2D eigenvalue weighted by atomic mass is 32.1. The Kier molecular flexibility index (Phi) is 6.09.